The lowest BCUT2D eigenvalue weighted by Gasteiger charge is -2.13. The van der Waals surface area contributed by atoms with E-state index in [9.17, 15) is 0 Å². The third kappa shape index (κ3) is 3.33. The molecule has 1 fully saturated rings. The minimum atomic E-state index is 0.525. The molecule has 2 rings (SSSR count). The van der Waals surface area contributed by atoms with Crippen LogP contribution in [0, 0.1) is 0 Å². The Labute approximate surface area is 96.4 Å². The van der Waals surface area contributed by atoms with E-state index in [4.69, 9.17) is 14.9 Å². The molecule has 2 N–H and O–H groups in total. The van der Waals surface area contributed by atoms with Gasteiger partial charge in [0.15, 0.2) is 0 Å². The molecule has 1 aromatic heterocycles. The quantitative estimate of drug-likeness (QED) is 0.741. The first-order chi connectivity index (χ1) is 7.88. The van der Waals surface area contributed by atoms with Crippen molar-refractivity contribution >= 4 is 0 Å². The van der Waals surface area contributed by atoms with Crippen LogP contribution in [0.15, 0.2) is 16.7 Å². The summed E-state index contributed by atoms with van der Waals surface area (Å²) < 4.78 is 10.9. The fourth-order valence-electron chi connectivity index (χ4n) is 1.98. The molecule has 0 radical (unpaired) electrons. The molecule has 0 atom stereocenters. The molecular formula is C12H20N2O2. The van der Waals surface area contributed by atoms with Crippen molar-refractivity contribution in [1.82, 2.24) is 4.90 Å². The highest BCUT2D eigenvalue weighted by Crippen LogP contribution is 2.09. The van der Waals surface area contributed by atoms with Gasteiger partial charge in [0.2, 0.25) is 0 Å². The fraction of sp³-hybridized carbons (Fsp3) is 0.667. The van der Waals surface area contributed by atoms with E-state index in [1.165, 1.54) is 25.9 Å². The summed E-state index contributed by atoms with van der Waals surface area (Å²) in [5.41, 5.74) is 6.52. The van der Waals surface area contributed by atoms with Gasteiger partial charge in [-0.05, 0) is 32.0 Å². The monoisotopic (exact) mass is 224 g/mol. The summed E-state index contributed by atoms with van der Waals surface area (Å²) in [5.74, 6) is 0.863. The number of furan rings is 1. The van der Waals surface area contributed by atoms with Crippen molar-refractivity contribution in [2.45, 2.75) is 26.0 Å². The van der Waals surface area contributed by atoms with Crippen LogP contribution >= 0.6 is 0 Å². The molecule has 0 saturated carbocycles. The molecule has 0 aliphatic carbocycles. The summed E-state index contributed by atoms with van der Waals surface area (Å²) >= 11 is 0. The van der Waals surface area contributed by atoms with Gasteiger partial charge in [0, 0.05) is 18.7 Å². The van der Waals surface area contributed by atoms with Crippen LogP contribution in [0.2, 0.25) is 0 Å². The number of rotatable bonds is 6. The summed E-state index contributed by atoms with van der Waals surface area (Å²) in [6.07, 6.45) is 4.36. The standard InChI is InChI=1S/C12H20N2O2/c13-8-11-7-12(16-9-11)10-15-6-5-14-3-1-2-4-14/h7,9H,1-6,8,10,13H2. The normalized spacial score (nSPS) is 17.1. The molecule has 90 valence electrons. The van der Waals surface area contributed by atoms with Crippen molar-refractivity contribution in [2.24, 2.45) is 5.73 Å². The van der Waals surface area contributed by atoms with Gasteiger partial charge in [0.1, 0.15) is 12.4 Å². The van der Waals surface area contributed by atoms with Crippen LogP contribution in [0.25, 0.3) is 0 Å². The maximum Gasteiger partial charge on any atom is 0.129 e. The number of likely N-dealkylation sites (tertiary alicyclic amines) is 1. The third-order valence-corrected chi connectivity index (χ3v) is 2.94. The maximum atomic E-state index is 5.56. The largest absolute Gasteiger partial charge is 0.467 e. The second-order valence-electron chi connectivity index (χ2n) is 4.23. The third-order valence-electron chi connectivity index (χ3n) is 2.94. The first-order valence-electron chi connectivity index (χ1n) is 5.95. The highest BCUT2D eigenvalue weighted by molar-refractivity contribution is 5.11. The Balaban J connectivity index is 1.60. The molecule has 4 heteroatoms. The SMILES string of the molecule is NCc1coc(COCCN2CCCC2)c1. The molecule has 0 unspecified atom stereocenters. The van der Waals surface area contributed by atoms with Crippen molar-refractivity contribution in [3.8, 4) is 0 Å². The van der Waals surface area contributed by atoms with Crippen molar-refractivity contribution in [1.29, 1.82) is 0 Å². The Morgan fingerprint density at radius 2 is 2.19 bits per heavy atom. The van der Waals surface area contributed by atoms with E-state index in [2.05, 4.69) is 4.90 Å². The van der Waals surface area contributed by atoms with Crippen LogP contribution in [-0.2, 0) is 17.9 Å². The highest BCUT2D eigenvalue weighted by atomic mass is 16.5. The second-order valence-corrected chi connectivity index (χ2v) is 4.23. The summed E-state index contributed by atoms with van der Waals surface area (Å²) in [6.45, 7) is 5.33. The lowest BCUT2D eigenvalue weighted by atomic mass is 10.3. The van der Waals surface area contributed by atoms with E-state index in [1.54, 1.807) is 6.26 Å². The Morgan fingerprint density at radius 3 is 2.88 bits per heavy atom. The van der Waals surface area contributed by atoms with E-state index in [1.807, 2.05) is 6.07 Å². The van der Waals surface area contributed by atoms with Crippen LogP contribution in [0.1, 0.15) is 24.2 Å². The van der Waals surface area contributed by atoms with Gasteiger partial charge in [-0.2, -0.15) is 0 Å². The van der Waals surface area contributed by atoms with Crippen molar-refractivity contribution in [3.63, 3.8) is 0 Å². The van der Waals surface area contributed by atoms with Gasteiger partial charge in [-0.1, -0.05) is 0 Å². The zero-order valence-corrected chi connectivity index (χ0v) is 9.65. The fourth-order valence-corrected chi connectivity index (χ4v) is 1.98. The minimum Gasteiger partial charge on any atom is -0.467 e. The van der Waals surface area contributed by atoms with Gasteiger partial charge in [0.05, 0.1) is 12.9 Å². The molecule has 1 aliphatic rings. The van der Waals surface area contributed by atoms with Crippen LogP contribution < -0.4 is 5.73 Å². The first kappa shape index (κ1) is 11.6. The van der Waals surface area contributed by atoms with Crippen molar-refractivity contribution < 1.29 is 9.15 Å². The Kier molecular flexibility index (Phi) is 4.39. The number of hydrogen-bond donors (Lipinski definition) is 1. The average Bonchev–Trinajstić information content (AvgIpc) is 2.95. The summed E-state index contributed by atoms with van der Waals surface area (Å²) in [4.78, 5) is 2.44. The molecule has 0 spiro atoms. The van der Waals surface area contributed by atoms with Crippen molar-refractivity contribution in [3.05, 3.63) is 23.7 Å². The number of nitrogens with zero attached hydrogens (tertiary/aromatic N) is 1. The zero-order valence-electron chi connectivity index (χ0n) is 9.65. The molecular weight excluding hydrogens is 204 g/mol. The van der Waals surface area contributed by atoms with E-state index >= 15 is 0 Å². The maximum absolute atomic E-state index is 5.56. The van der Waals surface area contributed by atoms with Crippen LogP contribution in [-0.4, -0.2) is 31.1 Å². The van der Waals surface area contributed by atoms with Gasteiger partial charge >= 0.3 is 0 Å². The average molecular weight is 224 g/mol. The number of nitrogens with two attached hydrogens (primary N) is 1. The zero-order chi connectivity index (χ0) is 11.2. The van der Waals surface area contributed by atoms with Gasteiger partial charge in [-0.25, -0.2) is 0 Å². The van der Waals surface area contributed by atoms with E-state index < -0.39 is 0 Å². The topological polar surface area (TPSA) is 51.6 Å². The van der Waals surface area contributed by atoms with E-state index in [0.29, 0.717) is 13.2 Å². The molecule has 0 amide bonds. The van der Waals surface area contributed by atoms with Gasteiger partial charge in [-0.3, -0.25) is 0 Å². The number of ether oxygens (including phenoxy) is 1. The minimum absolute atomic E-state index is 0.525. The predicted octanol–water partition coefficient (Wildman–Crippen LogP) is 1.35. The van der Waals surface area contributed by atoms with Crippen LogP contribution in [0.4, 0.5) is 0 Å². The molecule has 1 saturated heterocycles. The van der Waals surface area contributed by atoms with E-state index in [0.717, 1.165) is 24.5 Å². The lowest BCUT2D eigenvalue weighted by Crippen LogP contribution is -2.23. The molecule has 0 bridgehead atoms. The predicted molar refractivity (Wildman–Crippen MR) is 61.9 cm³/mol. The molecule has 1 aliphatic heterocycles. The van der Waals surface area contributed by atoms with Gasteiger partial charge in [0.25, 0.3) is 0 Å². The van der Waals surface area contributed by atoms with Crippen LogP contribution in [0.5, 0.6) is 0 Å². The summed E-state index contributed by atoms with van der Waals surface area (Å²) in [6, 6.07) is 1.95. The highest BCUT2D eigenvalue weighted by Gasteiger charge is 2.10. The smallest absolute Gasteiger partial charge is 0.129 e. The Bertz CT molecular complexity index is 306. The summed E-state index contributed by atoms with van der Waals surface area (Å²) in [7, 11) is 0. The Hall–Kier alpha value is -0.840. The molecule has 1 aromatic rings. The van der Waals surface area contributed by atoms with Crippen molar-refractivity contribution in [2.75, 3.05) is 26.2 Å². The molecule has 16 heavy (non-hydrogen) atoms. The molecule has 0 aromatic carbocycles. The molecule has 4 nitrogen and oxygen atoms in total. The van der Waals surface area contributed by atoms with E-state index in [-0.39, 0.29) is 0 Å². The first-order valence-corrected chi connectivity index (χ1v) is 5.95. The second kappa shape index (κ2) is 6.03. The molecule has 2 heterocycles. The van der Waals surface area contributed by atoms with Gasteiger partial charge in [-0.15, -0.1) is 0 Å². The lowest BCUT2D eigenvalue weighted by molar-refractivity contribution is 0.0875. The van der Waals surface area contributed by atoms with Crippen LogP contribution in [0.3, 0.4) is 0 Å². The van der Waals surface area contributed by atoms with Gasteiger partial charge < -0.3 is 19.8 Å². The summed E-state index contributed by atoms with van der Waals surface area (Å²) in [5, 5.41) is 0. The number of hydrogen-bond acceptors (Lipinski definition) is 4. The Morgan fingerprint density at radius 1 is 1.38 bits per heavy atom.